The Morgan fingerprint density at radius 3 is 1.90 bits per heavy atom. The molecule has 0 aromatic rings. The first-order chi connectivity index (χ1) is 9.19. The smallest absolute Gasteiger partial charge is 0.224 e. The molecule has 1 spiro atoms. The highest BCUT2D eigenvalue weighted by molar-refractivity contribution is 8.00. The fourth-order valence-electron chi connectivity index (χ4n) is 6.08. The van der Waals surface area contributed by atoms with Crippen molar-refractivity contribution in [3.63, 3.8) is 0 Å². The van der Waals surface area contributed by atoms with Crippen molar-refractivity contribution in [1.82, 2.24) is 0 Å². The molecule has 5 aliphatic rings. The second-order valence-corrected chi connectivity index (χ2v) is 10.8. The average Bonchev–Trinajstić information content (AvgIpc) is 2.30. The third-order valence-electron chi connectivity index (χ3n) is 6.61. The molecule has 112 valence electrons. The van der Waals surface area contributed by atoms with Crippen molar-refractivity contribution in [1.29, 1.82) is 0 Å². The molecule has 5 saturated heterocycles. The highest BCUT2D eigenvalue weighted by atomic mass is 32.2. The van der Waals surface area contributed by atoms with Crippen LogP contribution < -0.4 is 9.80 Å². The van der Waals surface area contributed by atoms with Crippen molar-refractivity contribution in [2.24, 2.45) is 10.8 Å². The van der Waals surface area contributed by atoms with Crippen LogP contribution in [0.3, 0.4) is 0 Å². The van der Waals surface area contributed by atoms with Gasteiger partial charge >= 0.3 is 0 Å². The van der Waals surface area contributed by atoms with Gasteiger partial charge in [-0.3, -0.25) is 14.6 Å². The van der Waals surface area contributed by atoms with E-state index in [9.17, 15) is 4.79 Å². The molecule has 0 unspecified atom stereocenters. The lowest BCUT2D eigenvalue weighted by atomic mass is 9.59. The first-order valence-electron chi connectivity index (χ1n) is 8.09. The first kappa shape index (κ1) is 13.6. The number of nitrogens with one attached hydrogen (secondary N) is 2. The van der Waals surface area contributed by atoms with Crippen molar-refractivity contribution >= 4 is 17.5 Å². The zero-order chi connectivity index (χ0) is 14.4. The van der Waals surface area contributed by atoms with Gasteiger partial charge in [0.25, 0.3) is 0 Å². The van der Waals surface area contributed by atoms with E-state index in [4.69, 9.17) is 0 Å². The third kappa shape index (κ3) is 1.53. The van der Waals surface area contributed by atoms with Gasteiger partial charge in [-0.1, -0.05) is 13.8 Å². The summed E-state index contributed by atoms with van der Waals surface area (Å²) in [6.45, 7) is 13.7. The molecule has 5 heterocycles. The number of ketones is 1. The molecular weight excluding hydrogens is 268 g/mol. The average molecular weight is 296 g/mol. The minimum absolute atomic E-state index is 0.0457. The maximum atomic E-state index is 12.8. The van der Waals surface area contributed by atoms with Crippen LogP contribution in [0.15, 0.2) is 0 Å². The molecule has 2 N–H and O–H groups in total. The highest BCUT2D eigenvalue weighted by Crippen LogP contribution is 2.42. The fourth-order valence-corrected chi connectivity index (χ4v) is 7.43. The quantitative estimate of drug-likeness (QED) is 0.623. The molecule has 0 aromatic heterocycles. The molecule has 0 aliphatic carbocycles. The van der Waals surface area contributed by atoms with Gasteiger partial charge in [0.1, 0.15) is 10.8 Å². The number of hydrogen-bond acceptors (Lipinski definition) is 2. The van der Waals surface area contributed by atoms with E-state index in [1.54, 1.807) is 9.80 Å². The number of rotatable bonds is 0. The van der Waals surface area contributed by atoms with E-state index in [-0.39, 0.29) is 10.8 Å². The molecule has 20 heavy (non-hydrogen) atoms. The molecule has 3 nitrogen and oxygen atoms in total. The van der Waals surface area contributed by atoms with Crippen LogP contribution in [0.2, 0.25) is 0 Å². The lowest BCUT2D eigenvalue weighted by Gasteiger charge is -2.65. The Morgan fingerprint density at radius 2 is 1.45 bits per heavy atom. The normalized spacial score (nSPS) is 56.5. The number of piperidine rings is 2. The zero-order valence-corrected chi connectivity index (χ0v) is 14.1. The molecule has 4 heteroatoms. The van der Waals surface area contributed by atoms with Gasteiger partial charge in [0.15, 0.2) is 5.78 Å². The Balaban J connectivity index is 1.75. The molecule has 0 radical (unpaired) electrons. The topological polar surface area (TPSA) is 26.0 Å². The number of thioether (sulfide) groups is 1. The van der Waals surface area contributed by atoms with Gasteiger partial charge in [-0.15, -0.1) is 0 Å². The van der Waals surface area contributed by atoms with Crippen molar-refractivity contribution in [2.75, 3.05) is 31.9 Å². The summed E-state index contributed by atoms with van der Waals surface area (Å²) < 4.78 is 0.402. The van der Waals surface area contributed by atoms with Crippen LogP contribution in [0.5, 0.6) is 0 Å². The van der Waals surface area contributed by atoms with Crippen LogP contribution in [0.4, 0.5) is 0 Å². The standard InChI is InChI=1S/C16H26N2OS/c1-13(2)7-16(5-6-20-13)17-8-14(3)9-18(16)11-15(4,10-17)12(14)19/h5-11H2,1-4H3/p+2. The van der Waals surface area contributed by atoms with Crippen molar-refractivity contribution in [3.8, 4) is 0 Å². The van der Waals surface area contributed by atoms with Crippen LogP contribution >= 0.6 is 11.8 Å². The molecule has 5 fully saturated rings. The van der Waals surface area contributed by atoms with Gasteiger partial charge in [0.05, 0.1) is 39.0 Å². The maximum Gasteiger partial charge on any atom is 0.224 e. The van der Waals surface area contributed by atoms with E-state index in [0.717, 1.165) is 26.2 Å². The van der Waals surface area contributed by atoms with Crippen LogP contribution in [0.1, 0.15) is 40.5 Å². The van der Waals surface area contributed by atoms with Crippen molar-refractivity contribution < 1.29 is 14.6 Å². The summed E-state index contributed by atoms with van der Waals surface area (Å²) in [5, 5.41) is 0. The lowest BCUT2D eigenvalue weighted by molar-refractivity contribution is -1.20. The van der Waals surface area contributed by atoms with E-state index < -0.39 is 0 Å². The van der Waals surface area contributed by atoms with Crippen LogP contribution in [0, 0.1) is 10.8 Å². The summed E-state index contributed by atoms with van der Waals surface area (Å²) in [6, 6.07) is 0. The Hall–Kier alpha value is -0.0600. The predicted molar refractivity (Wildman–Crippen MR) is 81.1 cm³/mol. The van der Waals surface area contributed by atoms with Crippen molar-refractivity contribution in [3.05, 3.63) is 0 Å². The first-order valence-corrected chi connectivity index (χ1v) is 9.07. The summed E-state index contributed by atoms with van der Waals surface area (Å²) in [5.41, 5.74) is 0.320. The zero-order valence-electron chi connectivity index (χ0n) is 13.3. The molecule has 5 rings (SSSR count). The number of quaternary nitrogens is 2. The van der Waals surface area contributed by atoms with E-state index in [2.05, 4.69) is 39.5 Å². The molecule has 0 atom stereocenters. The SMILES string of the molecule is CC1(C)CC2(CCS1)[NH+]1CC3(C)C[NH+]2CC(C)(C1)C3=O. The molecular formula is C16H28N2OS+2. The monoisotopic (exact) mass is 296 g/mol. The van der Waals surface area contributed by atoms with Gasteiger partial charge in [0.2, 0.25) is 5.66 Å². The summed E-state index contributed by atoms with van der Waals surface area (Å²) in [4.78, 5) is 16.3. The molecule has 0 saturated carbocycles. The maximum absolute atomic E-state index is 12.8. The van der Waals surface area contributed by atoms with Gasteiger partial charge in [-0.2, -0.15) is 11.8 Å². The van der Waals surface area contributed by atoms with Gasteiger partial charge in [-0.25, -0.2) is 0 Å². The predicted octanol–water partition coefficient (Wildman–Crippen LogP) is -0.619. The van der Waals surface area contributed by atoms with E-state index in [0.29, 0.717) is 16.2 Å². The molecule has 0 aromatic carbocycles. The van der Waals surface area contributed by atoms with Crippen LogP contribution in [-0.4, -0.2) is 48.1 Å². The summed E-state index contributed by atoms with van der Waals surface area (Å²) in [5.74, 6) is 1.86. The van der Waals surface area contributed by atoms with E-state index in [1.165, 1.54) is 18.6 Å². The molecule has 4 bridgehead atoms. The van der Waals surface area contributed by atoms with Crippen LogP contribution in [0.25, 0.3) is 0 Å². The number of hydrogen-bond donors (Lipinski definition) is 2. The number of Topliss-reactive ketones (excluding diaryl/α,β-unsaturated/α-hetero) is 1. The van der Waals surface area contributed by atoms with Crippen LogP contribution in [-0.2, 0) is 4.79 Å². The summed E-state index contributed by atoms with van der Waals surface area (Å²) in [7, 11) is 0. The second kappa shape index (κ2) is 3.64. The highest BCUT2D eigenvalue weighted by Gasteiger charge is 2.73. The Morgan fingerprint density at radius 1 is 0.950 bits per heavy atom. The third-order valence-corrected chi connectivity index (χ3v) is 7.95. The fraction of sp³-hybridized carbons (Fsp3) is 0.938. The second-order valence-electron chi connectivity index (χ2n) is 8.98. The summed E-state index contributed by atoms with van der Waals surface area (Å²) >= 11 is 2.14. The minimum Gasteiger partial charge on any atom is -0.297 e. The van der Waals surface area contributed by atoms with E-state index >= 15 is 0 Å². The minimum atomic E-state index is -0.0457. The van der Waals surface area contributed by atoms with Crippen molar-refractivity contribution in [2.45, 2.75) is 50.9 Å². The van der Waals surface area contributed by atoms with Gasteiger partial charge < -0.3 is 0 Å². The number of carbonyl (C=O) groups excluding carboxylic acids is 1. The molecule has 0 amide bonds. The van der Waals surface area contributed by atoms with Gasteiger partial charge in [-0.05, 0) is 13.8 Å². The largest absolute Gasteiger partial charge is 0.297 e. The van der Waals surface area contributed by atoms with E-state index in [1.807, 2.05) is 0 Å². The van der Waals surface area contributed by atoms with Gasteiger partial charge in [0, 0.05) is 10.5 Å². The Labute approximate surface area is 126 Å². The molecule has 5 aliphatic heterocycles. The Bertz CT molecular complexity index is 447. The lowest BCUT2D eigenvalue weighted by Crippen LogP contribution is -3.49. The summed E-state index contributed by atoms with van der Waals surface area (Å²) in [6.07, 6.45) is 2.65. The Kier molecular flexibility index (Phi) is 2.47. The number of carbonyl (C=O) groups is 1.